The molecule has 0 spiro atoms. The number of nitrogens with zero attached hydrogens (tertiary/aromatic N) is 1. The summed E-state index contributed by atoms with van der Waals surface area (Å²) in [5, 5.41) is 3.79. The Morgan fingerprint density at radius 2 is 2.25 bits per heavy atom. The molecule has 2 aromatic rings. The van der Waals surface area contributed by atoms with Crippen LogP contribution >= 0.6 is 15.9 Å². The van der Waals surface area contributed by atoms with Crippen molar-refractivity contribution < 1.29 is 13.7 Å². The Labute approximate surface area is 100 Å². The Bertz CT molecular complexity index is 498. The zero-order chi connectivity index (χ0) is 11.5. The van der Waals surface area contributed by atoms with Crippen molar-refractivity contribution in [2.45, 2.75) is 13.5 Å². The van der Waals surface area contributed by atoms with Crippen LogP contribution in [0.3, 0.4) is 0 Å². The van der Waals surface area contributed by atoms with Crippen molar-refractivity contribution in [1.82, 2.24) is 5.16 Å². The summed E-state index contributed by atoms with van der Waals surface area (Å²) in [7, 11) is 0. The third-order valence-electron chi connectivity index (χ3n) is 1.95. The summed E-state index contributed by atoms with van der Waals surface area (Å²) in [5.41, 5.74) is 0.703. The van der Waals surface area contributed by atoms with E-state index >= 15 is 0 Å². The zero-order valence-corrected chi connectivity index (χ0v) is 10.1. The van der Waals surface area contributed by atoms with Crippen molar-refractivity contribution in [3.05, 3.63) is 46.0 Å². The number of aryl methyl sites for hydroxylation is 1. The summed E-state index contributed by atoms with van der Waals surface area (Å²) >= 11 is 3.22. The Kier molecular flexibility index (Phi) is 3.24. The molecule has 5 heteroatoms. The molecule has 0 aliphatic heterocycles. The SMILES string of the molecule is Cc1cc(COc2ccc(F)cc2Br)no1. The molecule has 0 radical (unpaired) electrons. The van der Waals surface area contributed by atoms with Gasteiger partial charge in [0.25, 0.3) is 0 Å². The van der Waals surface area contributed by atoms with Crippen molar-refractivity contribution in [3.63, 3.8) is 0 Å². The zero-order valence-electron chi connectivity index (χ0n) is 8.54. The maximum Gasteiger partial charge on any atom is 0.134 e. The predicted molar refractivity (Wildman–Crippen MR) is 59.7 cm³/mol. The van der Waals surface area contributed by atoms with Crippen LogP contribution in [-0.2, 0) is 6.61 Å². The van der Waals surface area contributed by atoms with Crippen LogP contribution in [0.4, 0.5) is 4.39 Å². The number of hydrogen-bond acceptors (Lipinski definition) is 3. The van der Waals surface area contributed by atoms with Gasteiger partial charge in [0.15, 0.2) is 0 Å². The topological polar surface area (TPSA) is 35.3 Å². The number of aromatic nitrogens is 1. The second kappa shape index (κ2) is 4.65. The van der Waals surface area contributed by atoms with E-state index in [9.17, 15) is 4.39 Å². The molecule has 1 heterocycles. The van der Waals surface area contributed by atoms with Crippen molar-refractivity contribution in [1.29, 1.82) is 0 Å². The van der Waals surface area contributed by atoms with Crippen LogP contribution in [0, 0.1) is 12.7 Å². The van der Waals surface area contributed by atoms with Gasteiger partial charge in [-0.3, -0.25) is 0 Å². The van der Waals surface area contributed by atoms with Gasteiger partial charge < -0.3 is 9.26 Å². The normalized spacial score (nSPS) is 10.4. The number of hydrogen-bond donors (Lipinski definition) is 0. The number of benzene rings is 1. The highest BCUT2D eigenvalue weighted by Gasteiger charge is 2.05. The minimum Gasteiger partial charge on any atom is -0.486 e. The Hall–Kier alpha value is -1.36. The fraction of sp³-hybridized carbons (Fsp3) is 0.182. The van der Waals surface area contributed by atoms with Crippen LogP contribution in [-0.4, -0.2) is 5.16 Å². The minimum atomic E-state index is -0.309. The van der Waals surface area contributed by atoms with Crippen LogP contribution < -0.4 is 4.74 Å². The van der Waals surface area contributed by atoms with Gasteiger partial charge in [0.05, 0.1) is 4.47 Å². The average Bonchev–Trinajstić information content (AvgIpc) is 2.63. The van der Waals surface area contributed by atoms with E-state index in [-0.39, 0.29) is 5.82 Å². The van der Waals surface area contributed by atoms with Gasteiger partial charge in [-0.2, -0.15) is 0 Å². The first-order valence-corrected chi connectivity index (χ1v) is 5.44. The molecule has 0 saturated heterocycles. The van der Waals surface area contributed by atoms with Gasteiger partial charge in [0.2, 0.25) is 0 Å². The smallest absolute Gasteiger partial charge is 0.134 e. The first-order chi connectivity index (χ1) is 7.65. The van der Waals surface area contributed by atoms with Crippen LogP contribution in [0.1, 0.15) is 11.5 Å². The molecule has 3 nitrogen and oxygen atoms in total. The maximum atomic E-state index is 12.8. The molecule has 0 N–H and O–H groups in total. The molecular weight excluding hydrogens is 277 g/mol. The van der Waals surface area contributed by atoms with E-state index in [4.69, 9.17) is 9.26 Å². The van der Waals surface area contributed by atoms with E-state index in [1.165, 1.54) is 12.1 Å². The van der Waals surface area contributed by atoms with Crippen LogP contribution in [0.5, 0.6) is 5.75 Å². The first kappa shape index (κ1) is 11.1. The van der Waals surface area contributed by atoms with E-state index in [1.807, 2.05) is 6.92 Å². The number of ether oxygens (including phenoxy) is 1. The lowest BCUT2D eigenvalue weighted by atomic mass is 10.3. The molecule has 0 aliphatic carbocycles. The second-order valence-electron chi connectivity index (χ2n) is 3.29. The third-order valence-corrected chi connectivity index (χ3v) is 2.57. The van der Waals surface area contributed by atoms with Crippen LogP contribution in [0.2, 0.25) is 0 Å². The molecule has 0 amide bonds. The summed E-state index contributed by atoms with van der Waals surface area (Å²) in [6.07, 6.45) is 0. The molecule has 1 aromatic carbocycles. The van der Waals surface area contributed by atoms with E-state index in [2.05, 4.69) is 21.1 Å². The lowest BCUT2D eigenvalue weighted by molar-refractivity contribution is 0.286. The highest BCUT2D eigenvalue weighted by molar-refractivity contribution is 9.10. The second-order valence-corrected chi connectivity index (χ2v) is 4.15. The molecule has 1 aromatic heterocycles. The van der Waals surface area contributed by atoms with E-state index in [0.717, 1.165) is 5.76 Å². The monoisotopic (exact) mass is 285 g/mol. The molecule has 84 valence electrons. The Morgan fingerprint density at radius 1 is 1.44 bits per heavy atom. The molecular formula is C11H9BrFNO2. The van der Waals surface area contributed by atoms with E-state index < -0.39 is 0 Å². The molecule has 16 heavy (non-hydrogen) atoms. The standard InChI is InChI=1S/C11H9BrFNO2/c1-7-4-9(14-16-7)6-15-11-3-2-8(13)5-10(11)12/h2-5H,6H2,1H3. The molecule has 0 aliphatic rings. The molecule has 0 unspecified atom stereocenters. The van der Waals surface area contributed by atoms with E-state index in [0.29, 0.717) is 22.5 Å². The maximum absolute atomic E-state index is 12.8. The molecule has 2 rings (SSSR count). The quantitative estimate of drug-likeness (QED) is 0.866. The minimum absolute atomic E-state index is 0.293. The van der Waals surface area contributed by atoms with Crippen molar-refractivity contribution in [3.8, 4) is 5.75 Å². The predicted octanol–water partition coefficient (Wildman–Crippen LogP) is 3.46. The number of rotatable bonds is 3. The molecule has 0 atom stereocenters. The van der Waals surface area contributed by atoms with Gasteiger partial charge in [-0.15, -0.1) is 0 Å². The summed E-state index contributed by atoms with van der Waals surface area (Å²) in [4.78, 5) is 0. The van der Waals surface area contributed by atoms with Gasteiger partial charge in [-0.05, 0) is 41.1 Å². The lowest BCUT2D eigenvalue weighted by Crippen LogP contribution is -1.96. The molecule has 0 saturated carbocycles. The highest BCUT2D eigenvalue weighted by atomic mass is 79.9. The first-order valence-electron chi connectivity index (χ1n) is 4.65. The molecule has 0 fully saturated rings. The van der Waals surface area contributed by atoms with E-state index in [1.54, 1.807) is 12.1 Å². The average molecular weight is 286 g/mol. The van der Waals surface area contributed by atoms with Gasteiger partial charge in [0, 0.05) is 6.07 Å². The van der Waals surface area contributed by atoms with Crippen LogP contribution in [0.15, 0.2) is 33.3 Å². The Morgan fingerprint density at radius 3 is 2.88 bits per heavy atom. The van der Waals surface area contributed by atoms with Gasteiger partial charge in [-0.25, -0.2) is 4.39 Å². The number of halogens is 2. The summed E-state index contributed by atoms with van der Waals surface area (Å²) in [5.74, 6) is 0.996. The molecule has 0 bridgehead atoms. The Balaban J connectivity index is 2.04. The summed E-state index contributed by atoms with van der Waals surface area (Å²) in [6, 6.07) is 6.04. The van der Waals surface area contributed by atoms with Gasteiger partial charge in [-0.1, -0.05) is 5.16 Å². The highest BCUT2D eigenvalue weighted by Crippen LogP contribution is 2.26. The van der Waals surface area contributed by atoms with Crippen molar-refractivity contribution in [2.24, 2.45) is 0 Å². The lowest BCUT2D eigenvalue weighted by Gasteiger charge is -2.05. The third kappa shape index (κ3) is 2.61. The van der Waals surface area contributed by atoms with Crippen molar-refractivity contribution in [2.75, 3.05) is 0 Å². The fourth-order valence-corrected chi connectivity index (χ4v) is 1.70. The fourth-order valence-electron chi connectivity index (χ4n) is 1.23. The largest absolute Gasteiger partial charge is 0.486 e. The van der Waals surface area contributed by atoms with Gasteiger partial charge in [0.1, 0.15) is 29.6 Å². The summed E-state index contributed by atoms with van der Waals surface area (Å²) < 4.78 is 23.7. The van der Waals surface area contributed by atoms with Gasteiger partial charge >= 0.3 is 0 Å². The summed E-state index contributed by atoms with van der Waals surface area (Å²) in [6.45, 7) is 2.10. The van der Waals surface area contributed by atoms with Crippen molar-refractivity contribution >= 4 is 15.9 Å². The van der Waals surface area contributed by atoms with Crippen LogP contribution in [0.25, 0.3) is 0 Å².